The fourth-order valence-corrected chi connectivity index (χ4v) is 5.26. The largest absolute Gasteiger partial charge is 0.281 e. The standard InChI is InChI=1S/C11H21N5O4S2/c1-9-11(10(2)13-12-9)21(17,18)15-5-7-16(8-6-15)22(19,20)14(3)4/h5-8H2,1-4H3,(H,12,13). The van der Waals surface area contributed by atoms with Gasteiger partial charge in [-0.1, -0.05) is 0 Å². The van der Waals surface area contributed by atoms with Crippen molar-refractivity contribution >= 4 is 20.2 Å². The van der Waals surface area contributed by atoms with E-state index in [1.807, 2.05) is 0 Å². The number of piperazine rings is 1. The molecule has 0 aromatic carbocycles. The molecule has 0 spiro atoms. The van der Waals surface area contributed by atoms with Crippen molar-refractivity contribution in [2.24, 2.45) is 0 Å². The third-order valence-corrected chi connectivity index (χ3v) is 7.75. The van der Waals surface area contributed by atoms with E-state index in [0.717, 1.165) is 4.31 Å². The van der Waals surface area contributed by atoms with Crippen molar-refractivity contribution in [3.63, 3.8) is 0 Å². The summed E-state index contributed by atoms with van der Waals surface area (Å²) in [7, 11) is -4.27. The first kappa shape index (κ1) is 17.3. The summed E-state index contributed by atoms with van der Waals surface area (Å²) in [5, 5.41) is 6.57. The van der Waals surface area contributed by atoms with Crippen molar-refractivity contribution in [2.45, 2.75) is 18.7 Å². The maximum Gasteiger partial charge on any atom is 0.281 e. The molecule has 1 aromatic heterocycles. The van der Waals surface area contributed by atoms with E-state index in [-0.39, 0.29) is 31.1 Å². The summed E-state index contributed by atoms with van der Waals surface area (Å²) >= 11 is 0. The molecule has 1 N–H and O–H groups in total. The number of rotatable bonds is 4. The molecule has 1 saturated heterocycles. The molecular formula is C11H21N5O4S2. The van der Waals surface area contributed by atoms with Crippen LogP contribution in [0, 0.1) is 13.8 Å². The summed E-state index contributed by atoms with van der Waals surface area (Å²) in [6, 6.07) is 0. The molecule has 0 unspecified atom stereocenters. The molecular weight excluding hydrogens is 330 g/mol. The quantitative estimate of drug-likeness (QED) is 0.760. The highest BCUT2D eigenvalue weighted by Crippen LogP contribution is 2.23. The molecule has 126 valence electrons. The number of H-pyrrole nitrogens is 1. The Morgan fingerprint density at radius 2 is 1.50 bits per heavy atom. The van der Waals surface area contributed by atoms with Gasteiger partial charge >= 0.3 is 0 Å². The molecule has 1 aliphatic rings. The Bertz CT molecular complexity index is 726. The van der Waals surface area contributed by atoms with E-state index in [1.54, 1.807) is 13.8 Å². The second-order valence-electron chi connectivity index (χ2n) is 5.36. The van der Waals surface area contributed by atoms with Crippen LogP contribution in [0.3, 0.4) is 0 Å². The molecule has 1 fully saturated rings. The number of aromatic nitrogens is 2. The lowest BCUT2D eigenvalue weighted by atomic mass is 10.4. The van der Waals surface area contributed by atoms with Gasteiger partial charge in [0.1, 0.15) is 4.90 Å². The van der Waals surface area contributed by atoms with Crippen LogP contribution in [0.25, 0.3) is 0 Å². The number of hydrogen-bond donors (Lipinski definition) is 1. The summed E-state index contributed by atoms with van der Waals surface area (Å²) in [6.45, 7) is 3.80. The topological polar surface area (TPSA) is 107 Å². The second kappa shape index (κ2) is 5.89. The van der Waals surface area contributed by atoms with Crippen LogP contribution in [0.4, 0.5) is 0 Å². The van der Waals surface area contributed by atoms with Crippen molar-refractivity contribution in [3.05, 3.63) is 11.4 Å². The van der Waals surface area contributed by atoms with Gasteiger partial charge in [0.2, 0.25) is 10.0 Å². The molecule has 1 aliphatic heterocycles. The smallest absolute Gasteiger partial charge is 0.281 e. The fraction of sp³-hybridized carbons (Fsp3) is 0.727. The van der Waals surface area contributed by atoms with Gasteiger partial charge in [0.25, 0.3) is 10.2 Å². The van der Waals surface area contributed by atoms with Crippen LogP contribution in [0.15, 0.2) is 4.90 Å². The minimum atomic E-state index is -3.66. The maximum atomic E-state index is 12.7. The molecule has 2 heterocycles. The highest BCUT2D eigenvalue weighted by molar-refractivity contribution is 7.89. The Morgan fingerprint density at radius 3 is 1.91 bits per heavy atom. The fourth-order valence-electron chi connectivity index (χ4n) is 2.42. The zero-order chi connectivity index (χ0) is 16.7. The van der Waals surface area contributed by atoms with Crippen molar-refractivity contribution in [1.29, 1.82) is 0 Å². The van der Waals surface area contributed by atoms with Gasteiger partial charge in [-0.15, -0.1) is 0 Å². The first-order chi connectivity index (χ1) is 10.1. The van der Waals surface area contributed by atoms with Crippen molar-refractivity contribution in [2.75, 3.05) is 40.3 Å². The number of hydrogen-bond acceptors (Lipinski definition) is 5. The number of nitrogens with one attached hydrogen (secondary N) is 1. The zero-order valence-electron chi connectivity index (χ0n) is 13.1. The van der Waals surface area contributed by atoms with Crippen LogP contribution in [-0.4, -0.2) is 80.2 Å². The molecule has 11 heteroatoms. The SMILES string of the molecule is Cc1n[nH]c(C)c1S(=O)(=O)N1CCN(S(=O)(=O)N(C)C)CC1. The van der Waals surface area contributed by atoms with Crippen molar-refractivity contribution in [1.82, 2.24) is 23.1 Å². The lowest BCUT2D eigenvalue weighted by Crippen LogP contribution is -2.53. The van der Waals surface area contributed by atoms with E-state index in [0.29, 0.717) is 11.4 Å². The van der Waals surface area contributed by atoms with E-state index < -0.39 is 20.2 Å². The Balaban J connectivity index is 2.19. The van der Waals surface area contributed by atoms with Crippen LogP contribution in [0.1, 0.15) is 11.4 Å². The monoisotopic (exact) mass is 351 g/mol. The van der Waals surface area contributed by atoms with Gasteiger partial charge in [0.15, 0.2) is 0 Å². The van der Waals surface area contributed by atoms with Gasteiger partial charge in [-0.2, -0.15) is 26.4 Å². The van der Waals surface area contributed by atoms with Crippen LogP contribution < -0.4 is 0 Å². The van der Waals surface area contributed by atoms with E-state index >= 15 is 0 Å². The van der Waals surface area contributed by atoms with Crippen LogP contribution in [0.5, 0.6) is 0 Å². The second-order valence-corrected chi connectivity index (χ2v) is 9.37. The van der Waals surface area contributed by atoms with Crippen molar-refractivity contribution in [3.8, 4) is 0 Å². The van der Waals surface area contributed by atoms with E-state index in [4.69, 9.17) is 0 Å². The predicted octanol–water partition coefficient (Wildman–Crippen LogP) is -0.861. The molecule has 0 atom stereocenters. The highest BCUT2D eigenvalue weighted by atomic mass is 32.2. The van der Waals surface area contributed by atoms with Gasteiger partial charge in [0.05, 0.1) is 11.4 Å². The predicted molar refractivity (Wildman–Crippen MR) is 81.0 cm³/mol. The van der Waals surface area contributed by atoms with Gasteiger partial charge in [-0.05, 0) is 13.8 Å². The average Bonchev–Trinajstić information content (AvgIpc) is 2.78. The van der Waals surface area contributed by atoms with E-state index in [9.17, 15) is 16.8 Å². The minimum absolute atomic E-state index is 0.124. The lowest BCUT2D eigenvalue weighted by Gasteiger charge is -2.34. The van der Waals surface area contributed by atoms with Gasteiger partial charge in [-0.3, -0.25) is 5.10 Å². The Kier molecular flexibility index (Phi) is 4.64. The average molecular weight is 351 g/mol. The van der Waals surface area contributed by atoms with Gasteiger partial charge in [0, 0.05) is 40.3 Å². The Hall–Kier alpha value is -1.01. The van der Waals surface area contributed by atoms with E-state index in [2.05, 4.69) is 10.2 Å². The van der Waals surface area contributed by atoms with Crippen LogP contribution in [0.2, 0.25) is 0 Å². The Morgan fingerprint density at radius 1 is 1.00 bits per heavy atom. The molecule has 2 rings (SSSR count). The van der Waals surface area contributed by atoms with Gasteiger partial charge in [-0.25, -0.2) is 8.42 Å². The molecule has 22 heavy (non-hydrogen) atoms. The molecule has 0 aliphatic carbocycles. The van der Waals surface area contributed by atoms with E-state index in [1.165, 1.54) is 22.7 Å². The number of nitrogens with zero attached hydrogens (tertiary/aromatic N) is 4. The van der Waals surface area contributed by atoms with Crippen LogP contribution >= 0.6 is 0 Å². The third-order valence-electron chi connectivity index (χ3n) is 3.64. The van der Waals surface area contributed by atoms with Gasteiger partial charge < -0.3 is 0 Å². The first-order valence-electron chi connectivity index (χ1n) is 6.78. The van der Waals surface area contributed by atoms with Crippen molar-refractivity contribution < 1.29 is 16.8 Å². The molecule has 1 aromatic rings. The number of aryl methyl sites for hydroxylation is 2. The zero-order valence-corrected chi connectivity index (χ0v) is 14.7. The maximum absolute atomic E-state index is 12.7. The molecule has 0 saturated carbocycles. The number of sulfonamides is 1. The summed E-state index contributed by atoms with van der Waals surface area (Å²) in [4.78, 5) is 0.177. The normalized spacial score (nSPS) is 19.0. The van der Waals surface area contributed by atoms with Crippen LogP contribution in [-0.2, 0) is 20.2 Å². The minimum Gasteiger partial charge on any atom is -0.281 e. The summed E-state index contributed by atoms with van der Waals surface area (Å²) in [5.41, 5.74) is 0.904. The molecule has 0 amide bonds. The first-order valence-corrected chi connectivity index (χ1v) is 9.61. The molecule has 9 nitrogen and oxygen atoms in total. The third kappa shape index (κ3) is 2.91. The molecule has 0 bridgehead atoms. The lowest BCUT2D eigenvalue weighted by molar-refractivity contribution is 0.262. The number of aromatic amines is 1. The summed E-state index contributed by atoms with van der Waals surface area (Å²) < 4.78 is 53.1. The summed E-state index contributed by atoms with van der Waals surface area (Å²) in [5.74, 6) is 0. The molecule has 0 radical (unpaired) electrons. The summed E-state index contributed by atoms with van der Waals surface area (Å²) in [6.07, 6.45) is 0. The Labute approximate surface area is 131 Å². The highest BCUT2D eigenvalue weighted by Gasteiger charge is 2.35.